The van der Waals surface area contributed by atoms with E-state index in [-0.39, 0.29) is 37.4 Å². The number of amides is 2. The number of sulfonamides is 1. The highest BCUT2D eigenvalue weighted by Gasteiger charge is 2.35. The van der Waals surface area contributed by atoms with E-state index >= 15 is 0 Å². The molecule has 0 saturated carbocycles. The van der Waals surface area contributed by atoms with Crippen LogP contribution in [-0.2, 0) is 26.2 Å². The largest absolute Gasteiger partial charge is 0.352 e. The van der Waals surface area contributed by atoms with Crippen molar-refractivity contribution in [3.05, 3.63) is 71.2 Å². The molecule has 0 saturated heterocycles. The summed E-state index contributed by atoms with van der Waals surface area (Å²) in [5.74, 6) is -0.421. The smallest absolute Gasteiger partial charge is 0.265 e. The number of nitrogens with zero attached hydrogens (tertiary/aromatic N) is 2. The number of rotatable bonds is 11. The first kappa shape index (κ1) is 27.9. The lowest BCUT2D eigenvalue weighted by atomic mass is 10.1. The molecule has 202 valence electrons. The fraction of sp³-hybridized carbons (Fsp3) is 0.379. The van der Waals surface area contributed by atoms with Gasteiger partial charge in [-0.25, -0.2) is 8.42 Å². The molecule has 1 heterocycles. The van der Waals surface area contributed by atoms with E-state index in [2.05, 4.69) is 5.32 Å². The van der Waals surface area contributed by atoms with Crippen LogP contribution in [0.4, 0.5) is 5.69 Å². The van der Waals surface area contributed by atoms with Gasteiger partial charge in [0, 0.05) is 36.0 Å². The van der Waals surface area contributed by atoms with Crippen molar-refractivity contribution in [2.45, 2.75) is 70.0 Å². The Labute approximate surface area is 229 Å². The van der Waals surface area contributed by atoms with Crippen molar-refractivity contribution in [2.75, 3.05) is 10.8 Å². The molecular formula is C29H34ClN3O4S. The molecule has 3 aromatic rings. The quantitative estimate of drug-likeness (QED) is 0.338. The lowest BCUT2D eigenvalue weighted by molar-refractivity contribution is -0.141. The van der Waals surface area contributed by atoms with Crippen molar-refractivity contribution >= 4 is 49.9 Å². The van der Waals surface area contributed by atoms with Crippen LogP contribution in [0.3, 0.4) is 0 Å². The predicted molar refractivity (Wildman–Crippen MR) is 152 cm³/mol. The van der Waals surface area contributed by atoms with Crippen molar-refractivity contribution in [1.29, 1.82) is 0 Å². The van der Waals surface area contributed by atoms with Gasteiger partial charge in [-0.15, -0.1) is 0 Å². The summed E-state index contributed by atoms with van der Waals surface area (Å²) in [7, 11) is -3.69. The molecule has 1 aliphatic heterocycles. The van der Waals surface area contributed by atoms with Crippen molar-refractivity contribution < 1.29 is 18.0 Å². The minimum atomic E-state index is -3.69. The number of hydrogen-bond donors (Lipinski definition) is 1. The van der Waals surface area contributed by atoms with E-state index < -0.39 is 16.1 Å². The van der Waals surface area contributed by atoms with E-state index in [4.69, 9.17) is 11.6 Å². The van der Waals surface area contributed by atoms with Crippen LogP contribution in [0.25, 0.3) is 10.8 Å². The first-order chi connectivity index (χ1) is 18.2. The number of carbonyl (C=O) groups is 2. The van der Waals surface area contributed by atoms with Crippen LogP contribution in [0.2, 0.25) is 5.02 Å². The van der Waals surface area contributed by atoms with Gasteiger partial charge in [-0.1, -0.05) is 67.9 Å². The predicted octanol–water partition coefficient (Wildman–Crippen LogP) is 5.50. The number of hydrogen-bond acceptors (Lipinski definition) is 4. The summed E-state index contributed by atoms with van der Waals surface area (Å²) in [5.41, 5.74) is 1.39. The highest BCUT2D eigenvalue weighted by molar-refractivity contribution is 7.93. The SMILES string of the molecule is CC[C@@H](C)NC(=O)[C@@H](CC)N(Cc1ccccc1Cl)C(=O)CCCN1c2cccc3cccc(c23)S1(=O)=O. The van der Waals surface area contributed by atoms with Crippen molar-refractivity contribution in [3.8, 4) is 0 Å². The van der Waals surface area contributed by atoms with Gasteiger partial charge in [-0.05, 0) is 55.3 Å². The molecule has 0 radical (unpaired) electrons. The van der Waals surface area contributed by atoms with Gasteiger partial charge in [0.25, 0.3) is 10.0 Å². The van der Waals surface area contributed by atoms with E-state index in [0.717, 1.165) is 22.8 Å². The van der Waals surface area contributed by atoms with Gasteiger partial charge in [-0.2, -0.15) is 0 Å². The molecule has 0 fully saturated rings. The van der Waals surface area contributed by atoms with Gasteiger partial charge in [0.1, 0.15) is 6.04 Å². The summed E-state index contributed by atoms with van der Waals surface area (Å²) in [6.07, 6.45) is 1.62. The van der Waals surface area contributed by atoms with Crippen molar-refractivity contribution in [1.82, 2.24) is 10.2 Å². The highest BCUT2D eigenvalue weighted by Crippen LogP contribution is 2.42. The lowest BCUT2D eigenvalue weighted by Gasteiger charge is -2.32. The van der Waals surface area contributed by atoms with E-state index in [1.807, 2.05) is 57.2 Å². The molecule has 9 heteroatoms. The normalized spacial score (nSPS) is 15.3. The van der Waals surface area contributed by atoms with Gasteiger partial charge in [-0.3, -0.25) is 13.9 Å². The van der Waals surface area contributed by atoms with Gasteiger partial charge < -0.3 is 10.2 Å². The molecule has 2 atom stereocenters. The average Bonchev–Trinajstić information content (AvgIpc) is 3.12. The second-order valence-electron chi connectivity index (χ2n) is 9.67. The maximum absolute atomic E-state index is 13.6. The molecule has 0 bridgehead atoms. The lowest BCUT2D eigenvalue weighted by Crippen LogP contribution is -2.50. The second kappa shape index (κ2) is 11.7. The molecule has 2 amide bonds. The molecule has 1 N–H and O–H groups in total. The molecule has 38 heavy (non-hydrogen) atoms. The summed E-state index contributed by atoms with van der Waals surface area (Å²) >= 11 is 6.40. The minimum absolute atomic E-state index is 0.0153. The molecule has 0 spiro atoms. The molecule has 0 unspecified atom stereocenters. The Kier molecular flexibility index (Phi) is 8.63. The Morgan fingerprint density at radius 1 is 1.00 bits per heavy atom. The zero-order chi connectivity index (χ0) is 27.4. The van der Waals surface area contributed by atoms with E-state index in [9.17, 15) is 18.0 Å². The number of nitrogens with one attached hydrogen (secondary N) is 1. The molecule has 7 nitrogen and oxygen atoms in total. The van der Waals surface area contributed by atoms with Gasteiger partial charge in [0.15, 0.2) is 0 Å². The van der Waals surface area contributed by atoms with E-state index in [1.54, 1.807) is 29.2 Å². The maximum Gasteiger partial charge on any atom is 0.265 e. The zero-order valence-corrected chi connectivity index (χ0v) is 23.6. The Balaban J connectivity index is 1.53. The number of anilines is 1. The fourth-order valence-electron chi connectivity index (χ4n) is 4.89. The number of halogens is 1. The Morgan fingerprint density at radius 3 is 2.39 bits per heavy atom. The average molecular weight is 556 g/mol. The van der Waals surface area contributed by atoms with Crippen molar-refractivity contribution in [3.63, 3.8) is 0 Å². The van der Waals surface area contributed by atoms with Crippen LogP contribution in [0, 0.1) is 0 Å². The zero-order valence-electron chi connectivity index (χ0n) is 22.0. The highest BCUT2D eigenvalue weighted by atomic mass is 35.5. The maximum atomic E-state index is 13.6. The molecule has 4 rings (SSSR count). The summed E-state index contributed by atoms with van der Waals surface area (Å²) < 4.78 is 28.0. The molecule has 3 aromatic carbocycles. The topological polar surface area (TPSA) is 86.8 Å². The minimum Gasteiger partial charge on any atom is -0.352 e. The Morgan fingerprint density at radius 2 is 1.71 bits per heavy atom. The van der Waals surface area contributed by atoms with Crippen LogP contribution >= 0.6 is 11.6 Å². The van der Waals surface area contributed by atoms with E-state index in [1.165, 1.54) is 4.31 Å². The summed E-state index contributed by atoms with van der Waals surface area (Å²) in [6.45, 7) is 6.15. The second-order valence-corrected chi connectivity index (χ2v) is 11.9. The van der Waals surface area contributed by atoms with Crippen molar-refractivity contribution in [2.24, 2.45) is 0 Å². The van der Waals surface area contributed by atoms with Gasteiger partial charge in [0.05, 0.1) is 10.6 Å². The van der Waals surface area contributed by atoms with Gasteiger partial charge in [0.2, 0.25) is 11.8 Å². The first-order valence-electron chi connectivity index (χ1n) is 13.1. The number of carbonyl (C=O) groups excluding carboxylic acids is 2. The first-order valence-corrected chi connectivity index (χ1v) is 14.9. The van der Waals surface area contributed by atoms with Crippen LogP contribution in [0.1, 0.15) is 52.0 Å². The monoisotopic (exact) mass is 555 g/mol. The molecule has 0 aliphatic carbocycles. The summed E-state index contributed by atoms with van der Waals surface area (Å²) in [4.78, 5) is 28.6. The summed E-state index contributed by atoms with van der Waals surface area (Å²) in [6, 6.07) is 17.4. The van der Waals surface area contributed by atoms with Crippen LogP contribution in [-0.4, -0.2) is 43.8 Å². The fourth-order valence-corrected chi connectivity index (χ4v) is 6.83. The van der Waals surface area contributed by atoms with Crippen LogP contribution < -0.4 is 9.62 Å². The third kappa shape index (κ3) is 5.52. The molecule has 0 aromatic heterocycles. The van der Waals surface area contributed by atoms with E-state index in [0.29, 0.717) is 28.4 Å². The summed E-state index contributed by atoms with van der Waals surface area (Å²) in [5, 5.41) is 5.10. The Hall–Kier alpha value is -3.10. The third-order valence-corrected chi connectivity index (χ3v) is 9.34. The van der Waals surface area contributed by atoms with Gasteiger partial charge >= 0.3 is 0 Å². The Bertz CT molecular complexity index is 1440. The molecular weight excluding hydrogens is 522 g/mol. The standard InChI is InChI=1S/C29H34ClN3O4S/c1-4-20(3)31-29(35)24(5-2)32(19-22-11-6-7-14-23(22)30)27(34)17-10-18-33-25-15-8-12-21-13-9-16-26(28(21)25)38(33,36)37/h6-9,11-16,20,24H,4-5,10,17-19H2,1-3H3,(H,31,35)/t20-,24-/m1/s1. The van der Waals surface area contributed by atoms with Crippen LogP contribution in [0.15, 0.2) is 65.6 Å². The molecule has 1 aliphatic rings. The number of benzene rings is 3. The van der Waals surface area contributed by atoms with Crippen LogP contribution in [0.5, 0.6) is 0 Å². The third-order valence-electron chi connectivity index (χ3n) is 7.12.